The van der Waals surface area contributed by atoms with Crippen LogP contribution in [0.15, 0.2) is 42.5 Å². The summed E-state index contributed by atoms with van der Waals surface area (Å²) < 4.78 is 0. The van der Waals surface area contributed by atoms with Crippen molar-refractivity contribution in [2.24, 2.45) is 0 Å². The lowest BCUT2D eigenvalue weighted by Gasteiger charge is -2.33. The minimum absolute atomic E-state index is 0.00617. The van der Waals surface area contributed by atoms with Crippen LogP contribution < -0.4 is 5.32 Å². The third kappa shape index (κ3) is 5.00. The molecular weight excluding hydrogens is 348 g/mol. The Morgan fingerprint density at radius 1 is 1.11 bits per heavy atom. The number of rotatable bonds is 5. The number of anilines is 1. The van der Waals surface area contributed by atoms with Crippen LogP contribution in [0.4, 0.5) is 5.69 Å². The maximum absolute atomic E-state index is 12.8. The quantitative estimate of drug-likeness (QED) is 0.805. The van der Waals surface area contributed by atoms with Crippen LogP contribution >= 0.6 is 0 Å². The first kappa shape index (κ1) is 20.1. The van der Waals surface area contributed by atoms with E-state index < -0.39 is 0 Å². The average molecular weight is 379 g/mol. The predicted octanol–water partition coefficient (Wildman–Crippen LogP) is 4.89. The zero-order valence-corrected chi connectivity index (χ0v) is 17.1. The van der Waals surface area contributed by atoms with Crippen molar-refractivity contribution < 1.29 is 9.59 Å². The fourth-order valence-electron chi connectivity index (χ4n) is 3.84. The van der Waals surface area contributed by atoms with E-state index in [1.165, 1.54) is 17.5 Å². The molecule has 1 heterocycles. The second-order valence-corrected chi connectivity index (χ2v) is 7.91. The number of amides is 2. The van der Waals surface area contributed by atoms with Gasteiger partial charge in [-0.3, -0.25) is 9.59 Å². The van der Waals surface area contributed by atoms with E-state index in [1.54, 1.807) is 0 Å². The van der Waals surface area contributed by atoms with E-state index in [9.17, 15) is 9.59 Å². The van der Waals surface area contributed by atoms with E-state index >= 15 is 0 Å². The minimum Gasteiger partial charge on any atom is -0.336 e. The van der Waals surface area contributed by atoms with Gasteiger partial charge in [-0.25, -0.2) is 0 Å². The van der Waals surface area contributed by atoms with E-state index in [0.29, 0.717) is 18.0 Å². The Labute approximate surface area is 167 Å². The second-order valence-electron chi connectivity index (χ2n) is 7.91. The number of carbonyl (C=O) groups excluding carboxylic acids is 2. The first-order chi connectivity index (χ1) is 13.4. The molecule has 0 saturated carbocycles. The summed E-state index contributed by atoms with van der Waals surface area (Å²) in [6.07, 6.45) is 4.49. The van der Waals surface area contributed by atoms with Crippen molar-refractivity contribution in [2.75, 3.05) is 11.9 Å². The Hall–Kier alpha value is -2.62. The van der Waals surface area contributed by atoms with Gasteiger partial charge in [-0.05, 0) is 75.8 Å². The van der Waals surface area contributed by atoms with Crippen LogP contribution in [0.25, 0.3) is 0 Å². The van der Waals surface area contributed by atoms with Crippen LogP contribution in [0, 0.1) is 13.8 Å². The SMILES string of the molecule is Cc1cccc(CCC(=O)Nc2ccc(C(=O)N3CCCCC3C)cc2C)c1. The highest BCUT2D eigenvalue weighted by atomic mass is 16.2. The Balaban J connectivity index is 1.60. The molecule has 2 amide bonds. The van der Waals surface area contributed by atoms with Crippen LogP contribution in [-0.2, 0) is 11.2 Å². The van der Waals surface area contributed by atoms with Gasteiger partial charge in [0, 0.05) is 30.3 Å². The monoisotopic (exact) mass is 378 g/mol. The largest absolute Gasteiger partial charge is 0.336 e. The van der Waals surface area contributed by atoms with Gasteiger partial charge < -0.3 is 10.2 Å². The molecule has 4 nitrogen and oxygen atoms in total. The normalized spacial score (nSPS) is 16.7. The molecule has 148 valence electrons. The lowest BCUT2D eigenvalue weighted by Crippen LogP contribution is -2.42. The molecular formula is C24H30N2O2. The number of likely N-dealkylation sites (tertiary alicyclic amines) is 1. The van der Waals surface area contributed by atoms with Gasteiger partial charge in [-0.2, -0.15) is 0 Å². The number of nitrogens with one attached hydrogen (secondary N) is 1. The topological polar surface area (TPSA) is 49.4 Å². The van der Waals surface area contributed by atoms with Crippen molar-refractivity contribution in [1.82, 2.24) is 4.90 Å². The first-order valence-electron chi connectivity index (χ1n) is 10.2. The Kier molecular flexibility index (Phi) is 6.50. The van der Waals surface area contributed by atoms with Crippen molar-refractivity contribution in [3.63, 3.8) is 0 Å². The van der Waals surface area contributed by atoms with Crippen LogP contribution in [0.5, 0.6) is 0 Å². The molecule has 1 atom stereocenters. The van der Waals surface area contributed by atoms with Gasteiger partial charge in [-0.1, -0.05) is 29.8 Å². The van der Waals surface area contributed by atoms with Gasteiger partial charge in [-0.15, -0.1) is 0 Å². The summed E-state index contributed by atoms with van der Waals surface area (Å²) in [5.74, 6) is 0.0842. The van der Waals surface area contributed by atoms with Crippen molar-refractivity contribution in [2.45, 2.75) is 58.9 Å². The molecule has 1 fully saturated rings. The van der Waals surface area contributed by atoms with Crippen molar-refractivity contribution in [1.29, 1.82) is 0 Å². The van der Waals surface area contributed by atoms with Crippen molar-refractivity contribution in [3.8, 4) is 0 Å². The maximum atomic E-state index is 12.8. The van der Waals surface area contributed by atoms with E-state index in [-0.39, 0.29) is 11.8 Å². The van der Waals surface area contributed by atoms with Crippen LogP contribution in [0.3, 0.4) is 0 Å². The number of carbonyl (C=O) groups is 2. The highest BCUT2D eigenvalue weighted by Crippen LogP contribution is 2.22. The molecule has 0 bridgehead atoms. The highest BCUT2D eigenvalue weighted by molar-refractivity contribution is 5.96. The van der Waals surface area contributed by atoms with E-state index in [0.717, 1.165) is 37.1 Å². The minimum atomic E-state index is -0.00617. The summed E-state index contributed by atoms with van der Waals surface area (Å²) in [6, 6.07) is 14.1. The molecule has 4 heteroatoms. The molecule has 2 aromatic carbocycles. The second kappa shape index (κ2) is 9.05. The van der Waals surface area contributed by atoms with E-state index in [1.807, 2.05) is 42.2 Å². The fraction of sp³-hybridized carbons (Fsp3) is 0.417. The maximum Gasteiger partial charge on any atom is 0.254 e. The van der Waals surface area contributed by atoms with Crippen molar-refractivity contribution >= 4 is 17.5 Å². The fourth-order valence-corrected chi connectivity index (χ4v) is 3.84. The Morgan fingerprint density at radius 2 is 1.93 bits per heavy atom. The standard InChI is InChI=1S/C24H30N2O2/c1-17-7-6-9-20(15-17)10-13-23(27)25-22-12-11-21(16-18(22)2)24(28)26-14-5-4-8-19(26)3/h6-7,9,11-12,15-16,19H,4-5,8,10,13-14H2,1-3H3,(H,25,27). The van der Waals surface area contributed by atoms with Gasteiger partial charge in [0.1, 0.15) is 0 Å². The molecule has 1 aliphatic heterocycles. The van der Waals surface area contributed by atoms with Crippen LogP contribution in [-0.4, -0.2) is 29.3 Å². The summed E-state index contributed by atoms with van der Waals surface area (Å²) in [7, 11) is 0. The van der Waals surface area contributed by atoms with Crippen LogP contribution in [0.1, 0.15) is 59.7 Å². The lowest BCUT2D eigenvalue weighted by atomic mass is 10.0. The smallest absolute Gasteiger partial charge is 0.254 e. The Morgan fingerprint density at radius 3 is 2.64 bits per heavy atom. The predicted molar refractivity (Wildman–Crippen MR) is 114 cm³/mol. The molecule has 0 aromatic heterocycles. The summed E-state index contributed by atoms with van der Waals surface area (Å²) in [6.45, 7) is 6.94. The summed E-state index contributed by atoms with van der Waals surface area (Å²) in [5.41, 5.74) is 4.77. The molecule has 1 N–H and O–H groups in total. The molecule has 1 aliphatic rings. The number of benzene rings is 2. The van der Waals surface area contributed by atoms with Gasteiger partial charge in [0.15, 0.2) is 0 Å². The number of aryl methyl sites for hydroxylation is 3. The number of hydrogen-bond acceptors (Lipinski definition) is 2. The van der Waals surface area contributed by atoms with Crippen LogP contribution in [0.2, 0.25) is 0 Å². The summed E-state index contributed by atoms with van der Waals surface area (Å²) in [4.78, 5) is 27.1. The molecule has 0 spiro atoms. The highest BCUT2D eigenvalue weighted by Gasteiger charge is 2.24. The zero-order chi connectivity index (χ0) is 20.1. The number of piperidine rings is 1. The van der Waals surface area contributed by atoms with Gasteiger partial charge >= 0.3 is 0 Å². The van der Waals surface area contributed by atoms with E-state index in [2.05, 4.69) is 31.3 Å². The van der Waals surface area contributed by atoms with Gasteiger partial charge in [0.2, 0.25) is 5.91 Å². The van der Waals surface area contributed by atoms with Gasteiger partial charge in [0.05, 0.1) is 0 Å². The summed E-state index contributed by atoms with van der Waals surface area (Å²) >= 11 is 0. The molecule has 1 saturated heterocycles. The summed E-state index contributed by atoms with van der Waals surface area (Å²) in [5, 5.41) is 2.99. The van der Waals surface area contributed by atoms with Crippen molar-refractivity contribution in [3.05, 3.63) is 64.7 Å². The number of hydrogen-bond donors (Lipinski definition) is 1. The molecule has 0 aliphatic carbocycles. The lowest BCUT2D eigenvalue weighted by molar-refractivity contribution is -0.116. The first-order valence-corrected chi connectivity index (χ1v) is 10.2. The molecule has 28 heavy (non-hydrogen) atoms. The zero-order valence-electron chi connectivity index (χ0n) is 17.1. The molecule has 2 aromatic rings. The van der Waals surface area contributed by atoms with E-state index in [4.69, 9.17) is 0 Å². The molecule has 1 unspecified atom stereocenters. The average Bonchev–Trinajstić information content (AvgIpc) is 2.68. The third-order valence-corrected chi connectivity index (χ3v) is 5.53. The number of nitrogens with zero attached hydrogens (tertiary/aromatic N) is 1. The molecule has 3 rings (SSSR count). The van der Waals surface area contributed by atoms with Gasteiger partial charge in [0.25, 0.3) is 5.91 Å². The molecule has 0 radical (unpaired) electrons. The Bertz CT molecular complexity index is 859. The third-order valence-electron chi connectivity index (χ3n) is 5.53.